The van der Waals surface area contributed by atoms with Crippen molar-refractivity contribution in [1.82, 2.24) is 0 Å². The third kappa shape index (κ3) is 2.74. The second-order valence-electron chi connectivity index (χ2n) is 12.8. The van der Waals surface area contributed by atoms with Gasteiger partial charge in [-0.25, -0.2) is 0 Å². The molecule has 0 amide bonds. The summed E-state index contributed by atoms with van der Waals surface area (Å²) in [5, 5.41) is 0. The highest BCUT2D eigenvalue weighted by Gasteiger charge is 2.68. The number of fused-ring (bicyclic) bond motifs is 10. The number of Topliss-reactive ketones (excluding diaryl/α,β-unsaturated/α-hetero) is 1. The van der Waals surface area contributed by atoms with E-state index < -0.39 is 0 Å². The van der Waals surface area contributed by atoms with E-state index in [9.17, 15) is 4.79 Å². The van der Waals surface area contributed by atoms with Crippen molar-refractivity contribution < 1.29 is 4.79 Å². The molecule has 0 bridgehead atoms. The van der Waals surface area contributed by atoms with Gasteiger partial charge in [0.15, 0.2) is 5.78 Å². The Morgan fingerprint density at radius 3 is 2.05 bits per heavy atom. The highest BCUT2D eigenvalue weighted by Crippen LogP contribution is 2.76. The standard InChI is InChI=1S/C38H34O/c39-37(23-10-2-1-3-11-23)24-20-21-32-30(22-24)27-14-6-7-17-31(27)38(32)33-18-8-15-28-25-12-4-5-13-26(25)29-16-9-19-34(38)36(29)35(28)33/h1-2,4-10,12-16,20,22,25-26,31-34H,3,11,17-19,21H2. The number of carbonyl (C=O) groups excluding carboxylic acids is 1. The number of rotatable bonds is 2. The highest BCUT2D eigenvalue weighted by atomic mass is 16.1. The molecule has 1 nitrogen and oxygen atoms in total. The zero-order valence-corrected chi connectivity index (χ0v) is 22.4. The van der Waals surface area contributed by atoms with Gasteiger partial charge >= 0.3 is 0 Å². The number of allylic oxidation sites excluding steroid dienone is 24. The van der Waals surface area contributed by atoms with Crippen molar-refractivity contribution in [2.45, 2.75) is 38.5 Å². The number of ketones is 1. The second-order valence-corrected chi connectivity index (χ2v) is 12.8. The lowest BCUT2D eigenvalue weighted by Crippen LogP contribution is -2.43. The summed E-state index contributed by atoms with van der Waals surface area (Å²) in [5.74, 6) is 3.28. The molecule has 0 aliphatic heterocycles. The fourth-order valence-corrected chi connectivity index (χ4v) is 10.3. The summed E-state index contributed by atoms with van der Waals surface area (Å²) in [4.78, 5) is 13.6. The quantitative estimate of drug-likeness (QED) is 0.368. The van der Waals surface area contributed by atoms with Gasteiger partial charge in [0.1, 0.15) is 0 Å². The Balaban J connectivity index is 1.23. The largest absolute Gasteiger partial charge is 0.289 e. The van der Waals surface area contributed by atoms with E-state index in [0.717, 1.165) is 49.7 Å². The molecule has 1 spiro atoms. The maximum atomic E-state index is 13.6. The summed E-state index contributed by atoms with van der Waals surface area (Å²) < 4.78 is 0. The van der Waals surface area contributed by atoms with Gasteiger partial charge < -0.3 is 0 Å². The topological polar surface area (TPSA) is 17.1 Å². The van der Waals surface area contributed by atoms with Crippen LogP contribution >= 0.6 is 0 Å². The Morgan fingerprint density at radius 2 is 1.36 bits per heavy atom. The molecule has 39 heavy (non-hydrogen) atoms. The van der Waals surface area contributed by atoms with Crippen molar-refractivity contribution in [2.24, 2.45) is 40.9 Å². The molecule has 0 aromatic rings. The zero-order valence-electron chi connectivity index (χ0n) is 22.4. The maximum absolute atomic E-state index is 13.6. The molecule has 0 radical (unpaired) electrons. The van der Waals surface area contributed by atoms with Gasteiger partial charge in [-0.05, 0) is 107 Å². The van der Waals surface area contributed by atoms with Crippen LogP contribution in [0.1, 0.15) is 38.5 Å². The number of hydrogen-bond donors (Lipinski definition) is 0. The molecule has 0 aromatic carbocycles. The first-order valence-electron chi connectivity index (χ1n) is 15.1. The predicted molar refractivity (Wildman–Crippen MR) is 157 cm³/mol. The average Bonchev–Trinajstić information content (AvgIpc) is 3.48. The summed E-state index contributed by atoms with van der Waals surface area (Å²) >= 11 is 0. The molecule has 9 aliphatic carbocycles. The minimum absolute atomic E-state index is 0.179. The van der Waals surface area contributed by atoms with Crippen molar-refractivity contribution in [2.75, 3.05) is 0 Å². The molecule has 6 atom stereocenters. The van der Waals surface area contributed by atoms with Crippen molar-refractivity contribution in [1.29, 1.82) is 0 Å². The van der Waals surface area contributed by atoms with Gasteiger partial charge in [0, 0.05) is 23.0 Å². The van der Waals surface area contributed by atoms with Crippen molar-refractivity contribution in [3.8, 4) is 0 Å². The highest BCUT2D eigenvalue weighted by molar-refractivity contribution is 6.10. The number of carbonyl (C=O) groups is 1. The lowest BCUT2D eigenvalue weighted by atomic mass is 9.55. The summed E-state index contributed by atoms with van der Waals surface area (Å²) in [6.07, 6.45) is 43.7. The van der Waals surface area contributed by atoms with Crippen LogP contribution in [0, 0.1) is 40.9 Å². The average molecular weight is 507 g/mol. The van der Waals surface area contributed by atoms with Gasteiger partial charge in [0.2, 0.25) is 0 Å². The van der Waals surface area contributed by atoms with Gasteiger partial charge in [-0.1, -0.05) is 91.1 Å². The molecule has 9 aliphatic rings. The van der Waals surface area contributed by atoms with Crippen LogP contribution in [0.15, 0.2) is 142 Å². The molecule has 192 valence electrons. The Kier molecular flexibility index (Phi) is 4.61. The predicted octanol–water partition coefficient (Wildman–Crippen LogP) is 8.34. The lowest BCUT2D eigenvalue weighted by Gasteiger charge is -2.47. The molecule has 2 fully saturated rings. The Hall–Kier alpha value is -3.45. The maximum Gasteiger partial charge on any atom is 0.188 e. The van der Waals surface area contributed by atoms with Crippen LogP contribution in [0.3, 0.4) is 0 Å². The first kappa shape index (κ1) is 22.4. The fraction of sp³-hybridized carbons (Fsp3) is 0.342. The van der Waals surface area contributed by atoms with Crippen molar-refractivity contribution >= 4 is 5.78 Å². The molecule has 0 saturated heterocycles. The SMILES string of the molecule is O=C(C1=CCC2C(=C1)C1=CC=CCC1C21C2CC=CC3=C2C2=C(C=CCC21)C1C=CC=CC31)C1=CC=CCC1. The summed E-state index contributed by atoms with van der Waals surface area (Å²) in [7, 11) is 0. The third-order valence-corrected chi connectivity index (χ3v) is 11.5. The zero-order chi connectivity index (χ0) is 25.7. The van der Waals surface area contributed by atoms with E-state index >= 15 is 0 Å². The molecule has 0 N–H and O–H groups in total. The molecule has 0 aromatic heterocycles. The molecular formula is C38H34O. The van der Waals surface area contributed by atoms with Crippen LogP contribution in [0.4, 0.5) is 0 Å². The number of hydrogen-bond acceptors (Lipinski definition) is 1. The van der Waals surface area contributed by atoms with E-state index in [1.54, 1.807) is 22.3 Å². The van der Waals surface area contributed by atoms with E-state index in [1.165, 1.54) is 11.1 Å². The summed E-state index contributed by atoms with van der Waals surface area (Å²) in [6, 6.07) is 0. The summed E-state index contributed by atoms with van der Waals surface area (Å²) in [6.45, 7) is 0. The van der Waals surface area contributed by atoms with E-state index in [1.807, 2.05) is 6.08 Å². The van der Waals surface area contributed by atoms with Gasteiger partial charge in [0.25, 0.3) is 0 Å². The minimum atomic E-state index is 0.179. The van der Waals surface area contributed by atoms with Crippen LogP contribution in [0.2, 0.25) is 0 Å². The molecule has 2 saturated carbocycles. The first-order valence-corrected chi connectivity index (χ1v) is 15.1. The van der Waals surface area contributed by atoms with Gasteiger partial charge in [0.05, 0.1) is 0 Å². The lowest BCUT2D eigenvalue weighted by molar-refractivity contribution is -0.112. The van der Waals surface area contributed by atoms with Gasteiger partial charge in [-0.2, -0.15) is 0 Å². The summed E-state index contributed by atoms with van der Waals surface area (Å²) in [5.41, 5.74) is 11.7. The van der Waals surface area contributed by atoms with Crippen LogP contribution in [-0.4, -0.2) is 5.78 Å². The molecular weight excluding hydrogens is 472 g/mol. The third-order valence-electron chi connectivity index (χ3n) is 11.5. The minimum Gasteiger partial charge on any atom is -0.289 e. The molecule has 0 heterocycles. The van der Waals surface area contributed by atoms with Crippen LogP contribution in [0.25, 0.3) is 0 Å². The Morgan fingerprint density at radius 1 is 0.692 bits per heavy atom. The van der Waals surface area contributed by atoms with Crippen molar-refractivity contribution in [3.05, 3.63) is 142 Å². The monoisotopic (exact) mass is 506 g/mol. The van der Waals surface area contributed by atoms with Crippen LogP contribution < -0.4 is 0 Å². The van der Waals surface area contributed by atoms with Crippen molar-refractivity contribution in [3.63, 3.8) is 0 Å². The fourth-order valence-electron chi connectivity index (χ4n) is 10.3. The Labute approximate surface area is 231 Å². The smallest absolute Gasteiger partial charge is 0.188 e. The van der Waals surface area contributed by atoms with E-state index in [2.05, 4.69) is 91.1 Å². The van der Waals surface area contributed by atoms with Gasteiger partial charge in [-0.3, -0.25) is 4.79 Å². The normalized spacial score (nSPS) is 39.7. The molecule has 1 heteroatoms. The molecule has 9 rings (SSSR count). The Bertz CT molecular complexity index is 1540. The van der Waals surface area contributed by atoms with Crippen LogP contribution in [-0.2, 0) is 4.79 Å². The van der Waals surface area contributed by atoms with Crippen LogP contribution in [0.5, 0.6) is 0 Å². The van der Waals surface area contributed by atoms with E-state index in [4.69, 9.17) is 0 Å². The van der Waals surface area contributed by atoms with E-state index in [-0.39, 0.29) is 11.2 Å². The van der Waals surface area contributed by atoms with Gasteiger partial charge in [-0.15, -0.1) is 0 Å². The van der Waals surface area contributed by atoms with E-state index in [0.29, 0.717) is 35.5 Å². The second kappa shape index (κ2) is 8.04. The first-order chi connectivity index (χ1) is 19.3. The molecule has 6 unspecified atom stereocenters.